The Labute approximate surface area is 222 Å². The standard InChI is InChI=1S/C26H24N6O5S/c33-23-21(38-26(35)30-23)9-19-10-22(37-15-20-7-4-8-36-20)29-24(27-19)31-11-16-13-32(14-17(16)12-31)25(34)28-18-5-2-1-3-6-18/h1-10,16-17H,11-15H2,(H,28,34)(H,30,33,35). The number of thioether (sulfide) groups is 1. The van der Waals surface area contributed by atoms with E-state index in [0.717, 1.165) is 17.4 Å². The first-order valence-corrected chi connectivity index (χ1v) is 13.0. The van der Waals surface area contributed by atoms with Crippen molar-refractivity contribution in [1.29, 1.82) is 0 Å². The highest BCUT2D eigenvalue weighted by Gasteiger charge is 2.42. The van der Waals surface area contributed by atoms with Gasteiger partial charge in [0.25, 0.3) is 11.1 Å². The maximum atomic E-state index is 12.8. The van der Waals surface area contributed by atoms with E-state index in [-0.39, 0.29) is 29.4 Å². The minimum absolute atomic E-state index is 0.0995. The number of para-hydroxylation sites is 1. The van der Waals surface area contributed by atoms with Crippen LogP contribution in [-0.4, -0.2) is 58.2 Å². The van der Waals surface area contributed by atoms with Gasteiger partial charge < -0.3 is 24.3 Å². The fourth-order valence-corrected chi connectivity index (χ4v) is 5.53. The number of likely N-dealkylation sites (tertiary alicyclic amines) is 1. The number of nitrogens with zero attached hydrogens (tertiary/aromatic N) is 4. The Morgan fingerprint density at radius 3 is 2.58 bits per heavy atom. The Morgan fingerprint density at radius 2 is 1.89 bits per heavy atom. The number of aromatic nitrogens is 2. The molecule has 3 fully saturated rings. The molecule has 3 aliphatic rings. The molecule has 2 atom stereocenters. The largest absolute Gasteiger partial charge is 0.469 e. The Bertz CT molecular complexity index is 1380. The second-order valence-corrected chi connectivity index (χ2v) is 10.3. The number of imide groups is 1. The fraction of sp³-hybridized carbons (Fsp3) is 0.269. The zero-order valence-corrected chi connectivity index (χ0v) is 21.0. The van der Waals surface area contributed by atoms with Crippen molar-refractivity contribution in [3.63, 3.8) is 0 Å². The molecular weight excluding hydrogens is 508 g/mol. The summed E-state index contributed by atoms with van der Waals surface area (Å²) in [7, 11) is 0. The third-order valence-corrected chi connectivity index (χ3v) is 7.47. The lowest BCUT2D eigenvalue weighted by molar-refractivity contribution is -0.115. The maximum absolute atomic E-state index is 12.8. The SMILES string of the molecule is O=C1NC(=O)C(=Cc2cc(OCc3ccco3)nc(N3CC4CN(C(=O)Nc5ccccc5)CC4C3)n2)S1. The lowest BCUT2D eigenvalue weighted by atomic mass is 10.0. The topological polar surface area (TPSA) is 130 Å². The van der Waals surface area contributed by atoms with Crippen LogP contribution in [0.4, 0.5) is 21.2 Å². The molecule has 1 aromatic carbocycles. The highest BCUT2D eigenvalue weighted by Crippen LogP contribution is 2.34. The van der Waals surface area contributed by atoms with Gasteiger partial charge in [0.05, 0.1) is 16.9 Å². The number of furan rings is 1. The number of hydrogen-bond donors (Lipinski definition) is 2. The van der Waals surface area contributed by atoms with Crippen molar-refractivity contribution in [3.8, 4) is 5.88 Å². The van der Waals surface area contributed by atoms with Gasteiger partial charge in [-0.1, -0.05) is 18.2 Å². The summed E-state index contributed by atoms with van der Waals surface area (Å²) in [5.74, 6) is 1.55. The molecular formula is C26H24N6O5S. The van der Waals surface area contributed by atoms with E-state index in [0.29, 0.717) is 49.5 Å². The first kappa shape index (κ1) is 24.0. The van der Waals surface area contributed by atoms with Crippen LogP contribution in [0, 0.1) is 11.8 Å². The number of nitrogens with one attached hydrogen (secondary N) is 2. The smallest absolute Gasteiger partial charge is 0.321 e. The van der Waals surface area contributed by atoms with Crippen molar-refractivity contribution in [3.05, 3.63) is 71.2 Å². The minimum atomic E-state index is -0.456. The lowest BCUT2D eigenvalue weighted by Crippen LogP contribution is -2.36. The number of ether oxygens (including phenoxy) is 1. The molecule has 38 heavy (non-hydrogen) atoms. The number of fused-ring (bicyclic) bond motifs is 1. The van der Waals surface area contributed by atoms with Crippen molar-refractivity contribution in [2.75, 3.05) is 36.4 Å². The van der Waals surface area contributed by atoms with E-state index in [9.17, 15) is 14.4 Å². The number of anilines is 2. The van der Waals surface area contributed by atoms with E-state index in [1.165, 1.54) is 0 Å². The van der Waals surface area contributed by atoms with Gasteiger partial charge in [0, 0.05) is 49.8 Å². The fourth-order valence-electron chi connectivity index (χ4n) is 4.86. The van der Waals surface area contributed by atoms with Crippen molar-refractivity contribution in [1.82, 2.24) is 20.2 Å². The summed E-state index contributed by atoms with van der Waals surface area (Å²) < 4.78 is 11.2. The van der Waals surface area contributed by atoms with Crippen LogP contribution in [0.1, 0.15) is 11.5 Å². The minimum Gasteiger partial charge on any atom is -0.469 e. The average molecular weight is 533 g/mol. The molecule has 0 bridgehead atoms. The normalized spacial score (nSPS) is 21.6. The zero-order chi connectivity index (χ0) is 26.1. The van der Waals surface area contributed by atoms with Crippen LogP contribution in [0.3, 0.4) is 0 Å². The number of carbonyl (C=O) groups is 3. The second-order valence-electron chi connectivity index (χ2n) is 9.28. The summed E-state index contributed by atoms with van der Waals surface area (Å²) in [4.78, 5) is 49.9. The van der Waals surface area contributed by atoms with Crippen molar-refractivity contribution < 1.29 is 23.5 Å². The van der Waals surface area contributed by atoms with E-state index in [1.807, 2.05) is 35.2 Å². The number of amides is 4. The molecule has 2 aromatic heterocycles. The summed E-state index contributed by atoms with van der Waals surface area (Å²) in [5.41, 5.74) is 1.23. The van der Waals surface area contributed by atoms with Gasteiger partial charge >= 0.3 is 6.03 Å². The molecule has 3 aliphatic heterocycles. The summed E-state index contributed by atoms with van der Waals surface area (Å²) in [6.07, 6.45) is 3.13. The first-order chi connectivity index (χ1) is 18.5. The van der Waals surface area contributed by atoms with E-state index in [1.54, 1.807) is 30.5 Å². The average Bonchev–Trinajstić information content (AvgIpc) is 3.68. The van der Waals surface area contributed by atoms with Gasteiger partial charge in [-0.05, 0) is 42.1 Å². The highest BCUT2D eigenvalue weighted by molar-refractivity contribution is 8.18. The molecule has 6 rings (SSSR count). The van der Waals surface area contributed by atoms with Crippen LogP contribution in [-0.2, 0) is 11.4 Å². The number of carbonyl (C=O) groups excluding carboxylic acids is 3. The van der Waals surface area contributed by atoms with Gasteiger partial charge in [-0.15, -0.1) is 0 Å². The lowest BCUT2D eigenvalue weighted by Gasteiger charge is -2.22. The number of urea groups is 1. The van der Waals surface area contributed by atoms with Crippen LogP contribution in [0.5, 0.6) is 5.88 Å². The molecule has 194 valence electrons. The molecule has 11 nitrogen and oxygen atoms in total. The third-order valence-electron chi connectivity index (χ3n) is 6.66. The molecule has 0 saturated carbocycles. The molecule has 5 heterocycles. The van der Waals surface area contributed by atoms with Gasteiger partial charge in [-0.25, -0.2) is 9.78 Å². The molecule has 12 heteroatoms. The quantitative estimate of drug-likeness (QED) is 0.458. The second kappa shape index (κ2) is 10.2. The number of benzene rings is 1. The molecule has 0 aliphatic carbocycles. The predicted octanol–water partition coefficient (Wildman–Crippen LogP) is 3.57. The van der Waals surface area contributed by atoms with Gasteiger partial charge in [0.15, 0.2) is 0 Å². The van der Waals surface area contributed by atoms with Crippen LogP contribution in [0.25, 0.3) is 6.08 Å². The van der Waals surface area contributed by atoms with Crippen molar-refractivity contribution in [2.24, 2.45) is 11.8 Å². The third kappa shape index (κ3) is 5.21. The van der Waals surface area contributed by atoms with Crippen LogP contribution < -0.4 is 20.3 Å². The highest BCUT2D eigenvalue weighted by atomic mass is 32.2. The molecule has 2 unspecified atom stereocenters. The first-order valence-electron chi connectivity index (χ1n) is 12.2. The van der Waals surface area contributed by atoms with E-state index in [4.69, 9.17) is 9.15 Å². The number of hydrogen-bond acceptors (Lipinski definition) is 9. The van der Waals surface area contributed by atoms with E-state index >= 15 is 0 Å². The summed E-state index contributed by atoms with van der Waals surface area (Å²) >= 11 is 0.829. The Hall–Kier alpha value is -4.32. The zero-order valence-electron chi connectivity index (χ0n) is 20.2. The molecule has 3 saturated heterocycles. The van der Waals surface area contributed by atoms with Crippen LogP contribution >= 0.6 is 11.8 Å². The molecule has 4 amide bonds. The van der Waals surface area contributed by atoms with Crippen molar-refractivity contribution >= 4 is 46.7 Å². The van der Waals surface area contributed by atoms with Crippen LogP contribution in [0.15, 0.2) is 64.1 Å². The van der Waals surface area contributed by atoms with Gasteiger partial charge in [-0.3, -0.25) is 14.9 Å². The van der Waals surface area contributed by atoms with Crippen LogP contribution in [0.2, 0.25) is 0 Å². The molecule has 3 aromatic rings. The van der Waals surface area contributed by atoms with E-state index < -0.39 is 11.1 Å². The monoisotopic (exact) mass is 532 g/mol. The van der Waals surface area contributed by atoms with Gasteiger partial charge in [-0.2, -0.15) is 4.98 Å². The summed E-state index contributed by atoms with van der Waals surface area (Å²) in [6.45, 7) is 2.84. The summed E-state index contributed by atoms with van der Waals surface area (Å²) in [5, 5.41) is 4.79. The van der Waals surface area contributed by atoms with Gasteiger partial charge in [0.2, 0.25) is 11.8 Å². The van der Waals surface area contributed by atoms with Gasteiger partial charge in [0.1, 0.15) is 12.4 Å². The Morgan fingerprint density at radius 1 is 1.11 bits per heavy atom. The summed E-state index contributed by atoms with van der Waals surface area (Å²) in [6, 6.07) is 14.5. The van der Waals surface area contributed by atoms with E-state index in [2.05, 4.69) is 25.5 Å². The van der Waals surface area contributed by atoms with Crippen molar-refractivity contribution in [2.45, 2.75) is 6.61 Å². The Kier molecular flexibility index (Phi) is 6.46. The molecule has 2 N–H and O–H groups in total. The predicted molar refractivity (Wildman–Crippen MR) is 140 cm³/mol. The maximum Gasteiger partial charge on any atom is 0.321 e. The Balaban J connectivity index is 1.17. The molecule has 0 spiro atoms. The number of rotatable bonds is 6. The molecule has 0 radical (unpaired) electrons.